The van der Waals surface area contributed by atoms with Crippen LogP contribution in [0.1, 0.15) is 5.56 Å². The molecule has 0 aliphatic rings. The average Bonchev–Trinajstić information content (AvgIpc) is 2.55. The molecule has 0 saturated carbocycles. The van der Waals surface area contributed by atoms with Crippen molar-refractivity contribution in [3.63, 3.8) is 0 Å². The number of hydrogen-bond donors (Lipinski definition) is 2. The molecule has 1 aromatic heterocycles. The molecule has 0 unspecified atom stereocenters. The smallest absolute Gasteiger partial charge is 0.398 e. The Morgan fingerprint density at radius 3 is 2.50 bits per heavy atom. The maximum absolute atomic E-state index is 12.8. The van der Waals surface area contributed by atoms with E-state index in [0.717, 1.165) is 17.7 Å². The second-order valence-corrected chi connectivity index (χ2v) is 5.06. The van der Waals surface area contributed by atoms with E-state index in [9.17, 15) is 13.2 Å². The van der Waals surface area contributed by atoms with Crippen molar-refractivity contribution in [2.24, 2.45) is 0 Å². The van der Waals surface area contributed by atoms with Crippen molar-refractivity contribution in [1.29, 1.82) is 0 Å². The zero-order valence-electron chi connectivity index (χ0n) is 12.4. The van der Waals surface area contributed by atoms with E-state index < -0.39 is 11.7 Å². The van der Waals surface area contributed by atoms with E-state index in [4.69, 9.17) is 5.73 Å². The molecule has 0 saturated heterocycles. The number of anilines is 3. The summed E-state index contributed by atoms with van der Waals surface area (Å²) in [6.45, 7) is 0. The van der Waals surface area contributed by atoms with E-state index in [1.54, 1.807) is 12.1 Å². The normalized spacial score (nSPS) is 11.3. The minimum atomic E-state index is -4.40. The molecule has 0 fully saturated rings. The van der Waals surface area contributed by atoms with Gasteiger partial charge in [-0.25, -0.2) is 9.97 Å². The summed E-state index contributed by atoms with van der Waals surface area (Å²) < 4.78 is 38.3. The fourth-order valence-corrected chi connectivity index (χ4v) is 2.20. The van der Waals surface area contributed by atoms with Crippen molar-refractivity contribution in [1.82, 2.24) is 9.97 Å². The predicted octanol–water partition coefficient (Wildman–Crippen LogP) is 4.49. The van der Waals surface area contributed by atoms with E-state index in [2.05, 4.69) is 15.3 Å². The summed E-state index contributed by atoms with van der Waals surface area (Å²) in [4.78, 5) is 8.34. The van der Waals surface area contributed by atoms with Crippen molar-refractivity contribution < 1.29 is 13.2 Å². The second kappa shape index (κ2) is 6.19. The minimum absolute atomic E-state index is 0.190. The topological polar surface area (TPSA) is 63.8 Å². The van der Waals surface area contributed by atoms with E-state index >= 15 is 0 Å². The standard InChI is InChI=1S/C17H13F3N4/c18-17(19,20)11-4-3-5-12(10-11)23-16-22-9-8-15(24-16)13-6-1-2-7-14(13)21/h1-10H,21H2,(H,22,23,24). The van der Waals surface area contributed by atoms with Crippen molar-refractivity contribution in [3.05, 3.63) is 66.4 Å². The lowest BCUT2D eigenvalue weighted by Crippen LogP contribution is -2.05. The number of hydrogen-bond acceptors (Lipinski definition) is 4. The second-order valence-electron chi connectivity index (χ2n) is 5.06. The number of alkyl halides is 3. The molecule has 0 atom stereocenters. The van der Waals surface area contributed by atoms with Crippen LogP contribution in [-0.4, -0.2) is 9.97 Å². The molecule has 0 radical (unpaired) electrons. The molecule has 0 bridgehead atoms. The summed E-state index contributed by atoms with van der Waals surface area (Å²) in [7, 11) is 0. The molecule has 3 N–H and O–H groups in total. The van der Waals surface area contributed by atoms with Crippen LogP contribution in [0.4, 0.5) is 30.5 Å². The Hall–Kier alpha value is -3.09. The van der Waals surface area contributed by atoms with Gasteiger partial charge in [0.15, 0.2) is 0 Å². The number of nitrogens with zero attached hydrogens (tertiary/aromatic N) is 2. The van der Waals surface area contributed by atoms with Gasteiger partial charge in [-0.3, -0.25) is 0 Å². The molecule has 2 aromatic carbocycles. The third-order valence-corrected chi connectivity index (χ3v) is 3.34. The lowest BCUT2D eigenvalue weighted by Gasteiger charge is -2.10. The first-order valence-corrected chi connectivity index (χ1v) is 7.06. The zero-order valence-corrected chi connectivity index (χ0v) is 12.4. The Kier molecular flexibility index (Phi) is 4.07. The van der Waals surface area contributed by atoms with Crippen LogP contribution < -0.4 is 11.1 Å². The number of nitrogens with one attached hydrogen (secondary N) is 1. The fraction of sp³-hybridized carbons (Fsp3) is 0.0588. The Morgan fingerprint density at radius 2 is 1.75 bits per heavy atom. The first-order chi connectivity index (χ1) is 11.4. The Labute approximate surface area is 136 Å². The minimum Gasteiger partial charge on any atom is -0.398 e. The van der Waals surface area contributed by atoms with Gasteiger partial charge in [0.05, 0.1) is 11.3 Å². The van der Waals surface area contributed by atoms with Gasteiger partial charge < -0.3 is 11.1 Å². The van der Waals surface area contributed by atoms with Crippen LogP contribution in [-0.2, 0) is 6.18 Å². The highest BCUT2D eigenvalue weighted by atomic mass is 19.4. The average molecular weight is 330 g/mol. The highest BCUT2D eigenvalue weighted by Gasteiger charge is 2.30. The van der Waals surface area contributed by atoms with E-state index in [1.165, 1.54) is 18.3 Å². The molecule has 3 rings (SSSR count). The maximum atomic E-state index is 12.8. The third-order valence-electron chi connectivity index (χ3n) is 3.34. The predicted molar refractivity (Wildman–Crippen MR) is 86.6 cm³/mol. The van der Waals surface area contributed by atoms with Crippen molar-refractivity contribution >= 4 is 17.3 Å². The Morgan fingerprint density at radius 1 is 0.958 bits per heavy atom. The van der Waals surface area contributed by atoms with Crippen LogP contribution in [0.2, 0.25) is 0 Å². The Bertz CT molecular complexity index is 862. The van der Waals surface area contributed by atoms with Gasteiger partial charge in [-0.05, 0) is 30.3 Å². The van der Waals surface area contributed by atoms with Gasteiger partial charge in [-0.15, -0.1) is 0 Å². The SMILES string of the molecule is Nc1ccccc1-c1ccnc(Nc2cccc(C(F)(F)F)c2)n1. The van der Waals surface area contributed by atoms with E-state index in [0.29, 0.717) is 11.4 Å². The molecule has 122 valence electrons. The van der Waals surface area contributed by atoms with Gasteiger partial charge in [0, 0.05) is 23.1 Å². The monoisotopic (exact) mass is 330 g/mol. The molecule has 0 amide bonds. The summed E-state index contributed by atoms with van der Waals surface area (Å²) in [5, 5.41) is 2.78. The number of halogens is 3. The quantitative estimate of drug-likeness (QED) is 0.695. The van der Waals surface area contributed by atoms with E-state index in [-0.39, 0.29) is 11.6 Å². The number of nitrogen functional groups attached to an aromatic ring is 1. The maximum Gasteiger partial charge on any atom is 0.416 e. The lowest BCUT2D eigenvalue weighted by molar-refractivity contribution is -0.137. The molecule has 24 heavy (non-hydrogen) atoms. The highest BCUT2D eigenvalue weighted by molar-refractivity contribution is 5.74. The summed E-state index contributed by atoms with van der Waals surface area (Å²) in [5.41, 5.74) is 7.30. The van der Waals surface area contributed by atoms with Gasteiger partial charge >= 0.3 is 6.18 Å². The van der Waals surface area contributed by atoms with Crippen LogP contribution in [0.15, 0.2) is 60.8 Å². The summed E-state index contributed by atoms with van der Waals surface area (Å²) in [6.07, 6.45) is -2.89. The van der Waals surface area contributed by atoms with Crippen LogP contribution in [0, 0.1) is 0 Å². The molecular weight excluding hydrogens is 317 g/mol. The van der Waals surface area contributed by atoms with E-state index in [1.807, 2.05) is 18.2 Å². The number of para-hydroxylation sites is 1. The van der Waals surface area contributed by atoms with Gasteiger partial charge in [0.2, 0.25) is 5.95 Å². The van der Waals surface area contributed by atoms with Gasteiger partial charge in [0.25, 0.3) is 0 Å². The lowest BCUT2D eigenvalue weighted by atomic mass is 10.1. The van der Waals surface area contributed by atoms with Crippen LogP contribution in [0.3, 0.4) is 0 Å². The van der Waals surface area contributed by atoms with Crippen molar-refractivity contribution in [2.75, 3.05) is 11.1 Å². The molecule has 1 heterocycles. The summed E-state index contributed by atoms with van der Waals surface area (Å²) in [6, 6.07) is 13.7. The fourth-order valence-electron chi connectivity index (χ4n) is 2.20. The van der Waals surface area contributed by atoms with Crippen LogP contribution in [0.5, 0.6) is 0 Å². The molecule has 3 aromatic rings. The number of benzene rings is 2. The highest BCUT2D eigenvalue weighted by Crippen LogP contribution is 2.31. The molecule has 4 nitrogen and oxygen atoms in total. The van der Waals surface area contributed by atoms with Crippen LogP contribution >= 0.6 is 0 Å². The molecule has 7 heteroatoms. The first kappa shape index (κ1) is 15.8. The van der Waals surface area contributed by atoms with Gasteiger partial charge in [-0.1, -0.05) is 24.3 Å². The largest absolute Gasteiger partial charge is 0.416 e. The number of rotatable bonds is 3. The number of aromatic nitrogens is 2. The number of nitrogens with two attached hydrogens (primary N) is 1. The van der Waals surface area contributed by atoms with Gasteiger partial charge in [0.1, 0.15) is 0 Å². The zero-order chi connectivity index (χ0) is 17.2. The Balaban J connectivity index is 1.90. The molecule has 0 aliphatic heterocycles. The molecular formula is C17H13F3N4. The molecule has 0 spiro atoms. The summed E-state index contributed by atoms with van der Waals surface area (Å²) >= 11 is 0. The third kappa shape index (κ3) is 3.45. The van der Waals surface area contributed by atoms with Crippen molar-refractivity contribution in [2.45, 2.75) is 6.18 Å². The van der Waals surface area contributed by atoms with Gasteiger partial charge in [-0.2, -0.15) is 13.2 Å². The van der Waals surface area contributed by atoms with Crippen LogP contribution in [0.25, 0.3) is 11.3 Å². The first-order valence-electron chi connectivity index (χ1n) is 7.06. The molecule has 0 aliphatic carbocycles. The summed E-state index contributed by atoms with van der Waals surface area (Å²) in [5.74, 6) is 0.190. The van der Waals surface area contributed by atoms with Crippen molar-refractivity contribution in [3.8, 4) is 11.3 Å².